The van der Waals surface area contributed by atoms with Crippen LogP contribution in [-0.2, 0) is 4.79 Å². The third-order valence-electron chi connectivity index (χ3n) is 5.17. The maximum absolute atomic E-state index is 12.9. The van der Waals surface area contributed by atoms with E-state index in [1.54, 1.807) is 42.5 Å². The van der Waals surface area contributed by atoms with Crippen LogP contribution in [0.2, 0.25) is 0 Å². The Morgan fingerprint density at radius 1 is 0.971 bits per heavy atom. The van der Waals surface area contributed by atoms with Crippen molar-refractivity contribution in [2.24, 2.45) is 0 Å². The number of nitrogens with one attached hydrogen (secondary N) is 1. The predicted molar refractivity (Wildman–Crippen MR) is 143 cm³/mol. The number of carbonyl (C=O) groups is 2. The van der Waals surface area contributed by atoms with Gasteiger partial charge in [-0.3, -0.25) is 4.79 Å². The summed E-state index contributed by atoms with van der Waals surface area (Å²) in [6, 6.07) is 27.2. The molecule has 0 radical (unpaired) electrons. The molecule has 4 aromatic carbocycles. The zero-order valence-electron chi connectivity index (χ0n) is 18.6. The molecule has 1 N–H and O–H groups in total. The van der Waals surface area contributed by atoms with E-state index in [0.717, 1.165) is 10.8 Å². The van der Waals surface area contributed by atoms with Crippen molar-refractivity contribution >= 4 is 57.0 Å². The van der Waals surface area contributed by atoms with Crippen LogP contribution in [0, 0.1) is 14.9 Å². The van der Waals surface area contributed by atoms with Crippen LogP contribution in [0.25, 0.3) is 16.8 Å². The molecule has 35 heavy (non-hydrogen) atoms. The van der Waals surface area contributed by atoms with E-state index in [9.17, 15) is 14.9 Å². The van der Waals surface area contributed by atoms with E-state index in [0.29, 0.717) is 26.1 Å². The van der Waals surface area contributed by atoms with E-state index < -0.39 is 11.9 Å². The van der Waals surface area contributed by atoms with Crippen molar-refractivity contribution in [2.75, 3.05) is 12.4 Å². The number of hydrogen-bond donors (Lipinski definition) is 1. The van der Waals surface area contributed by atoms with Gasteiger partial charge in [0.2, 0.25) is 0 Å². The second-order valence-electron chi connectivity index (χ2n) is 7.44. The molecule has 1 amide bonds. The van der Waals surface area contributed by atoms with Gasteiger partial charge in [-0.1, -0.05) is 54.6 Å². The van der Waals surface area contributed by atoms with Gasteiger partial charge < -0.3 is 14.8 Å². The van der Waals surface area contributed by atoms with E-state index in [2.05, 4.69) is 5.32 Å². The molecule has 0 fully saturated rings. The van der Waals surface area contributed by atoms with Crippen LogP contribution in [-0.4, -0.2) is 19.0 Å². The number of carbonyl (C=O) groups excluding carboxylic acids is 2. The van der Waals surface area contributed by atoms with E-state index in [1.807, 2.05) is 71.1 Å². The number of fused-ring (bicyclic) bond motifs is 1. The number of hydrogen-bond acceptors (Lipinski definition) is 5. The molecule has 172 valence electrons. The number of benzene rings is 4. The molecule has 6 nitrogen and oxygen atoms in total. The maximum Gasteiger partial charge on any atom is 0.343 e. The Labute approximate surface area is 215 Å². The van der Waals surface area contributed by atoms with Crippen molar-refractivity contribution in [1.82, 2.24) is 0 Å². The van der Waals surface area contributed by atoms with Crippen molar-refractivity contribution in [1.29, 1.82) is 5.26 Å². The third-order valence-corrected chi connectivity index (χ3v) is 5.97. The van der Waals surface area contributed by atoms with Crippen molar-refractivity contribution in [3.8, 4) is 17.6 Å². The maximum atomic E-state index is 12.9. The largest absolute Gasteiger partial charge is 0.493 e. The van der Waals surface area contributed by atoms with Gasteiger partial charge >= 0.3 is 5.97 Å². The van der Waals surface area contributed by atoms with Gasteiger partial charge in [0.25, 0.3) is 5.91 Å². The monoisotopic (exact) mass is 574 g/mol. The molecule has 7 heteroatoms. The lowest BCUT2D eigenvalue weighted by molar-refractivity contribution is -0.112. The van der Waals surface area contributed by atoms with Gasteiger partial charge in [-0.25, -0.2) is 4.79 Å². The van der Waals surface area contributed by atoms with Crippen LogP contribution in [0.5, 0.6) is 11.5 Å². The summed E-state index contributed by atoms with van der Waals surface area (Å²) < 4.78 is 11.6. The van der Waals surface area contributed by atoms with Crippen LogP contribution >= 0.6 is 22.6 Å². The first-order valence-corrected chi connectivity index (χ1v) is 11.6. The first-order valence-electron chi connectivity index (χ1n) is 10.6. The summed E-state index contributed by atoms with van der Waals surface area (Å²) in [5.74, 6) is -0.480. The summed E-state index contributed by atoms with van der Waals surface area (Å²) >= 11 is 2.02. The minimum atomic E-state index is -0.530. The van der Waals surface area contributed by atoms with Gasteiger partial charge in [0.05, 0.1) is 16.2 Å². The first-order chi connectivity index (χ1) is 17.0. The predicted octanol–water partition coefficient (Wildman–Crippen LogP) is 6.22. The number of nitriles is 1. The second kappa shape index (κ2) is 10.8. The van der Waals surface area contributed by atoms with Gasteiger partial charge in [0, 0.05) is 11.1 Å². The molecular formula is C28H19IN2O4. The zero-order valence-corrected chi connectivity index (χ0v) is 20.8. The topological polar surface area (TPSA) is 88.4 Å². The summed E-state index contributed by atoms with van der Waals surface area (Å²) in [5.41, 5.74) is 1.50. The average molecular weight is 574 g/mol. The van der Waals surface area contributed by atoms with E-state index >= 15 is 0 Å². The van der Waals surface area contributed by atoms with Crippen LogP contribution in [0.3, 0.4) is 0 Å². The van der Waals surface area contributed by atoms with Gasteiger partial charge in [-0.15, -0.1) is 0 Å². The molecule has 0 heterocycles. The number of anilines is 1. The lowest BCUT2D eigenvalue weighted by Gasteiger charge is -2.13. The summed E-state index contributed by atoms with van der Waals surface area (Å²) in [5, 5.41) is 14.3. The standard InChI is InChI=1S/C28H19IN2O4/c1-34-25-16-18(15-23(29)26(25)35-28(33)20-9-3-2-4-10-20)14-21(17-30)27(32)31-24-13-7-11-19-8-5-6-12-22(19)24/h2-16H,1H3,(H,31,32)/b21-14+. The molecule has 4 rings (SSSR count). The van der Waals surface area contributed by atoms with Gasteiger partial charge in [0.15, 0.2) is 11.5 Å². The normalized spacial score (nSPS) is 10.9. The number of rotatable bonds is 6. The van der Waals surface area contributed by atoms with E-state index in [1.165, 1.54) is 13.2 Å². The van der Waals surface area contributed by atoms with Crippen LogP contribution in [0.4, 0.5) is 5.69 Å². The van der Waals surface area contributed by atoms with Crippen LogP contribution < -0.4 is 14.8 Å². The Bertz CT molecular complexity index is 1490. The first kappa shape index (κ1) is 24.0. The fraction of sp³-hybridized carbons (Fsp3) is 0.0357. The molecular weight excluding hydrogens is 555 g/mol. The Hall–Kier alpha value is -4.16. The van der Waals surface area contributed by atoms with Crippen molar-refractivity contribution in [3.05, 3.63) is 105 Å². The highest BCUT2D eigenvalue weighted by Crippen LogP contribution is 2.35. The minimum absolute atomic E-state index is 0.0789. The molecule has 0 saturated heterocycles. The van der Waals surface area contributed by atoms with Crippen LogP contribution in [0.15, 0.2) is 90.5 Å². The Balaban J connectivity index is 1.61. The van der Waals surface area contributed by atoms with Gasteiger partial charge in [-0.2, -0.15) is 5.26 Å². The summed E-state index contributed by atoms with van der Waals surface area (Å²) in [6.07, 6.45) is 1.47. The Morgan fingerprint density at radius 2 is 1.69 bits per heavy atom. The van der Waals surface area contributed by atoms with E-state index in [4.69, 9.17) is 9.47 Å². The highest BCUT2D eigenvalue weighted by Gasteiger charge is 2.18. The molecule has 0 atom stereocenters. The summed E-state index contributed by atoms with van der Waals surface area (Å²) in [4.78, 5) is 25.4. The zero-order chi connectivity index (χ0) is 24.8. The molecule has 0 aliphatic rings. The van der Waals surface area contributed by atoms with Crippen molar-refractivity contribution < 1.29 is 19.1 Å². The molecule has 0 aliphatic heterocycles. The number of nitrogens with zero attached hydrogens (tertiary/aromatic N) is 1. The Kier molecular flexibility index (Phi) is 7.43. The smallest absolute Gasteiger partial charge is 0.343 e. The molecule has 4 aromatic rings. The molecule has 0 bridgehead atoms. The number of ether oxygens (including phenoxy) is 2. The van der Waals surface area contributed by atoms with E-state index in [-0.39, 0.29) is 11.3 Å². The second-order valence-corrected chi connectivity index (χ2v) is 8.60. The van der Waals surface area contributed by atoms with Crippen molar-refractivity contribution in [3.63, 3.8) is 0 Å². The lowest BCUT2D eigenvalue weighted by atomic mass is 10.1. The quantitative estimate of drug-likeness (QED) is 0.0972. The Morgan fingerprint density at radius 3 is 2.43 bits per heavy atom. The number of amides is 1. The van der Waals surface area contributed by atoms with Gasteiger partial charge in [0.1, 0.15) is 11.6 Å². The number of methoxy groups -OCH3 is 1. The van der Waals surface area contributed by atoms with Crippen LogP contribution in [0.1, 0.15) is 15.9 Å². The fourth-order valence-corrected chi connectivity index (χ4v) is 4.22. The highest BCUT2D eigenvalue weighted by atomic mass is 127. The number of halogens is 1. The minimum Gasteiger partial charge on any atom is -0.493 e. The summed E-state index contributed by atoms with van der Waals surface area (Å²) in [7, 11) is 1.46. The van der Waals surface area contributed by atoms with Crippen molar-refractivity contribution in [2.45, 2.75) is 0 Å². The number of esters is 1. The lowest BCUT2D eigenvalue weighted by Crippen LogP contribution is -2.13. The molecule has 0 saturated carbocycles. The molecule has 0 unspecified atom stereocenters. The molecule has 0 aromatic heterocycles. The fourth-order valence-electron chi connectivity index (χ4n) is 3.49. The van der Waals surface area contributed by atoms with Gasteiger partial charge in [-0.05, 0) is 69.9 Å². The molecule has 0 spiro atoms. The summed E-state index contributed by atoms with van der Waals surface area (Å²) in [6.45, 7) is 0. The SMILES string of the molecule is COc1cc(/C=C(\C#N)C(=O)Nc2cccc3ccccc23)cc(I)c1OC(=O)c1ccccc1. The molecule has 0 aliphatic carbocycles. The highest BCUT2D eigenvalue weighted by molar-refractivity contribution is 14.1. The average Bonchev–Trinajstić information content (AvgIpc) is 2.89. The third kappa shape index (κ3) is 5.50.